The molecule has 2 heteroatoms. The van der Waals surface area contributed by atoms with Gasteiger partial charge in [-0.15, -0.1) is 0 Å². The second-order valence-corrected chi connectivity index (χ2v) is 4.01. The van der Waals surface area contributed by atoms with Crippen molar-refractivity contribution in [2.45, 2.75) is 51.6 Å². The van der Waals surface area contributed by atoms with Crippen molar-refractivity contribution >= 4 is 0 Å². The van der Waals surface area contributed by atoms with Crippen molar-refractivity contribution < 1.29 is 9.84 Å². The van der Waals surface area contributed by atoms with E-state index in [9.17, 15) is 0 Å². The van der Waals surface area contributed by atoms with E-state index in [0.717, 1.165) is 18.9 Å². The number of aliphatic hydroxyl groups excluding tert-OH is 1. The van der Waals surface area contributed by atoms with Crippen molar-refractivity contribution in [3.05, 3.63) is 0 Å². The van der Waals surface area contributed by atoms with Gasteiger partial charge in [-0.1, -0.05) is 26.2 Å². The highest BCUT2D eigenvalue weighted by molar-refractivity contribution is 4.72. The number of rotatable bonds is 5. The normalized spacial score (nSPS) is 29.1. The zero-order valence-electron chi connectivity index (χ0n) is 8.67. The topological polar surface area (TPSA) is 29.5 Å². The van der Waals surface area contributed by atoms with E-state index in [0.29, 0.717) is 6.10 Å². The van der Waals surface area contributed by atoms with Gasteiger partial charge < -0.3 is 9.84 Å². The molecule has 0 aromatic carbocycles. The second kappa shape index (κ2) is 6.39. The minimum atomic E-state index is 0.254. The van der Waals surface area contributed by atoms with Crippen LogP contribution >= 0.6 is 0 Å². The van der Waals surface area contributed by atoms with Gasteiger partial charge in [-0.3, -0.25) is 0 Å². The van der Waals surface area contributed by atoms with Gasteiger partial charge in [0.15, 0.2) is 0 Å². The summed E-state index contributed by atoms with van der Waals surface area (Å²) in [4.78, 5) is 0. The van der Waals surface area contributed by atoms with E-state index in [2.05, 4.69) is 6.92 Å². The largest absolute Gasteiger partial charge is 0.396 e. The molecule has 1 rings (SSSR count). The van der Waals surface area contributed by atoms with Gasteiger partial charge in [0.2, 0.25) is 0 Å². The smallest absolute Gasteiger partial charge is 0.0577 e. The van der Waals surface area contributed by atoms with Crippen molar-refractivity contribution in [2.75, 3.05) is 13.2 Å². The Morgan fingerprint density at radius 3 is 2.92 bits per heavy atom. The quantitative estimate of drug-likeness (QED) is 0.668. The summed E-state index contributed by atoms with van der Waals surface area (Å²) in [6.07, 6.45) is 7.72. The second-order valence-electron chi connectivity index (χ2n) is 4.01. The summed E-state index contributed by atoms with van der Waals surface area (Å²) in [7, 11) is 0. The minimum Gasteiger partial charge on any atom is -0.396 e. The summed E-state index contributed by atoms with van der Waals surface area (Å²) in [5, 5.41) is 8.61. The first kappa shape index (κ1) is 11.0. The molecule has 0 bridgehead atoms. The van der Waals surface area contributed by atoms with E-state index in [-0.39, 0.29) is 6.61 Å². The van der Waals surface area contributed by atoms with E-state index < -0.39 is 0 Å². The molecule has 1 saturated carbocycles. The maximum Gasteiger partial charge on any atom is 0.0577 e. The van der Waals surface area contributed by atoms with Gasteiger partial charge in [-0.2, -0.15) is 0 Å². The predicted molar refractivity (Wildman–Crippen MR) is 53.7 cm³/mol. The van der Waals surface area contributed by atoms with Crippen LogP contribution in [0, 0.1) is 5.92 Å². The van der Waals surface area contributed by atoms with Crippen LogP contribution < -0.4 is 0 Å². The van der Waals surface area contributed by atoms with Crippen molar-refractivity contribution in [3.8, 4) is 0 Å². The number of ether oxygens (including phenoxy) is 1. The molecule has 0 amide bonds. The Morgan fingerprint density at radius 1 is 1.38 bits per heavy atom. The van der Waals surface area contributed by atoms with Gasteiger partial charge in [0.05, 0.1) is 6.10 Å². The van der Waals surface area contributed by atoms with Crippen molar-refractivity contribution in [3.63, 3.8) is 0 Å². The fourth-order valence-corrected chi connectivity index (χ4v) is 2.08. The number of hydrogen-bond donors (Lipinski definition) is 1. The standard InChI is InChI=1S/C11H22O2/c1-2-10-5-3-6-11(9-10)13-8-4-7-12/h10-12H,2-9H2,1H3. The number of hydrogen-bond acceptors (Lipinski definition) is 2. The molecule has 1 aliphatic rings. The Hall–Kier alpha value is -0.0800. The fraction of sp³-hybridized carbons (Fsp3) is 1.00. The van der Waals surface area contributed by atoms with Crippen LogP contribution in [0.4, 0.5) is 0 Å². The Labute approximate surface area is 81.3 Å². The molecule has 0 spiro atoms. The first-order chi connectivity index (χ1) is 6.36. The third kappa shape index (κ3) is 4.10. The van der Waals surface area contributed by atoms with Crippen molar-refractivity contribution in [1.29, 1.82) is 0 Å². The van der Waals surface area contributed by atoms with Crippen LogP contribution in [0.25, 0.3) is 0 Å². The Bertz CT molecular complexity index is 125. The molecule has 13 heavy (non-hydrogen) atoms. The lowest BCUT2D eigenvalue weighted by atomic mass is 9.85. The maximum atomic E-state index is 8.61. The van der Waals surface area contributed by atoms with Crippen LogP contribution in [0.2, 0.25) is 0 Å². The summed E-state index contributed by atoms with van der Waals surface area (Å²) in [6, 6.07) is 0. The molecule has 2 unspecified atom stereocenters. The maximum absolute atomic E-state index is 8.61. The monoisotopic (exact) mass is 186 g/mol. The van der Waals surface area contributed by atoms with Crippen molar-refractivity contribution in [1.82, 2.24) is 0 Å². The molecule has 0 radical (unpaired) electrons. The molecule has 0 saturated heterocycles. The highest BCUT2D eigenvalue weighted by atomic mass is 16.5. The van der Waals surface area contributed by atoms with Crippen LogP contribution in [0.1, 0.15) is 45.4 Å². The van der Waals surface area contributed by atoms with Crippen LogP contribution in [0.15, 0.2) is 0 Å². The van der Waals surface area contributed by atoms with E-state index in [4.69, 9.17) is 9.84 Å². The molecule has 0 aromatic rings. The minimum absolute atomic E-state index is 0.254. The van der Waals surface area contributed by atoms with Crippen LogP contribution in [-0.2, 0) is 4.74 Å². The Balaban J connectivity index is 2.11. The van der Waals surface area contributed by atoms with Gasteiger partial charge >= 0.3 is 0 Å². The fourth-order valence-electron chi connectivity index (χ4n) is 2.08. The summed E-state index contributed by atoms with van der Waals surface area (Å²) in [6.45, 7) is 3.25. The average Bonchev–Trinajstić information content (AvgIpc) is 2.19. The summed E-state index contributed by atoms with van der Waals surface area (Å²) in [5.74, 6) is 0.882. The molecular formula is C11H22O2. The number of aliphatic hydroxyl groups is 1. The average molecular weight is 186 g/mol. The molecule has 1 N–H and O–H groups in total. The van der Waals surface area contributed by atoms with E-state index >= 15 is 0 Å². The molecule has 0 heterocycles. The van der Waals surface area contributed by atoms with Gasteiger partial charge in [0.25, 0.3) is 0 Å². The third-order valence-electron chi connectivity index (χ3n) is 2.97. The lowest BCUT2D eigenvalue weighted by Gasteiger charge is -2.28. The van der Waals surface area contributed by atoms with Crippen molar-refractivity contribution in [2.24, 2.45) is 5.92 Å². The van der Waals surface area contributed by atoms with Gasteiger partial charge in [-0.25, -0.2) is 0 Å². The van der Waals surface area contributed by atoms with Gasteiger partial charge in [0.1, 0.15) is 0 Å². The molecule has 2 nitrogen and oxygen atoms in total. The molecule has 1 fully saturated rings. The summed E-state index contributed by atoms with van der Waals surface area (Å²) >= 11 is 0. The SMILES string of the molecule is CCC1CCCC(OCCCO)C1. The van der Waals surface area contributed by atoms with Crippen LogP contribution in [0.5, 0.6) is 0 Å². The first-order valence-electron chi connectivity index (χ1n) is 5.59. The van der Waals surface area contributed by atoms with Gasteiger partial charge in [0, 0.05) is 13.2 Å². The highest BCUT2D eigenvalue weighted by Gasteiger charge is 2.20. The molecule has 0 aliphatic heterocycles. The Kier molecular flexibility index (Phi) is 5.40. The molecule has 0 aromatic heterocycles. The first-order valence-corrected chi connectivity index (χ1v) is 5.59. The van der Waals surface area contributed by atoms with E-state index in [1.54, 1.807) is 0 Å². The van der Waals surface area contributed by atoms with Crippen LogP contribution in [-0.4, -0.2) is 24.4 Å². The third-order valence-corrected chi connectivity index (χ3v) is 2.97. The van der Waals surface area contributed by atoms with E-state index in [1.807, 2.05) is 0 Å². The molecule has 78 valence electrons. The lowest BCUT2D eigenvalue weighted by molar-refractivity contribution is 0.00668. The zero-order chi connectivity index (χ0) is 9.52. The Morgan fingerprint density at radius 2 is 2.23 bits per heavy atom. The lowest BCUT2D eigenvalue weighted by Crippen LogP contribution is -2.23. The van der Waals surface area contributed by atoms with Gasteiger partial charge in [-0.05, 0) is 25.2 Å². The zero-order valence-corrected chi connectivity index (χ0v) is 8.67. The summed E-state index contributed by atoms with van der Waals surface area (Å²) < 4.78 is 5.70. The molecular weight excluding hydrogens is 164 g/mol. The van der Waals surface area contributed by atoms with Crippen LogP contribution in [0.3, 0.4) is 0 Å². The molecule has 2 atom stereocenters. The summed E-state index contributed by atoms with van der Waals surface area (Å²) in [5.41, 5.74) is 0. The van der Waals surface area contributed by atoms with E-state index in [1.165, 1.54) is 32.1 Å². The predicted octanol–water partition coefficient (Wildman–Crippen LogP) is 2.35. The molecule has 1 aliphatic carbocycles. The highest BCUT2D eigenvalue weighted by Crippen LogP contribution is 2.28.